The Labute approximate surface area is 110 Å². The molecule has 0 aliphatic carbocycles. The minimum Gasteiger partial charge on any atom is -0.383 e. The van der Waals surface area contributed by atoms with E-state index < -0.39 is 0 Å². The van der Waals surface area contributed by atoms with Gasteiger partial charge in [0.1, 0.15) is 17.5 Å². The summed E-state index contributed by atoms with van der Waals surface area (Å²) < 4.78 is 0. The van der Waals surface area contributed by atoms with Crippen molar-refractivity contribution in [2.24, 2.45) is 11.3 Å². The van der Waals surface area contributed by atoms with Crippen molar-refractivity contribution < 1.29 is 0 Å². The third-order valence-electron chi connectivity index (χ3n) is 3.98. The van der Waals surface area contributed by atoms with Gasteiger partial charge in [0.2, 0.25) is 0 Å². The number of hydrogen-bond donors (Lipinski definition) is 1. The van der Waals surface area contributed by atoms with Crippen molar-refractivity contribution >= 4 is 11.6 Å². The lowest BCUT2D eigenvalue weighted by Gasteiger charge is -2.27. The first-order valence-corrected chi connectivity index (χ1v) is 6.64. The second-order valence-corrected chi connectivity index (χ2v) is 6.40. The molecule has 2 rings (SSSR count). The second kappa shape index (κ2) is 4.41. The maximum Gasteiger partial charge on any atom is 0.137 e. The third kappa shape index (κ3) is 2.42. The summed E-state index contributed by atoms with van der Waals surface area (Å²) in [6, 6.07) is 0. The van der Waals surface area contributed by atoms with Crippen LogP contribution in [0, 0.1) is 25.2 Å². The van der Waals surface area contributed by atoms with E-state index in [1.54, 1.807) is 0 Å². The van der Waals surface area contributed by atoms with E-state index in [9.17, 15) is 0 Å². The van der Waals surface area contributed by atoms with Crippen molar-refractivity contribution in [3.05, 3.63) is 11.4 Å². The molecule has 1 aliphatic rings. The molecular formula is C14H24N4. The zero-order chi connectivity index (χ0) is 13.5. The Kier molecular flexibility index (Phi) is 3.21. The molecular weight excluding hydrogens is 224 g/mol. The smallest absolute Gasteiger partial charge is 0.137 e. The van der Waals surface area contributed by atoms with E-state index in [1.807, 2.05) is 13.8 Å². The monoisotopic (exact) mass is 248 g/mol. The molecule has 1 aromatic rings. The van der Waals surface area contributed by atoms with Crippen molar-refractivity contribution in [2.75, 3.05) is 23.7 Å². The highest BCUT2D eigenvalue weighted by atomic mass is 15.2. The summed E-state index contributed by atoms with van der Waals surface area (Å²) in [5.74, 6) is 3.10. The van der Waals surface area contributed by atoms with Crippen LogP contribution in [0.15, 0.2) is 0 Å². The molecule has 1 saturated heterocycles. The molecule has 0 bridgehead atoms. The normalized spacial score (nSPS) is 20.5. The van der Waals surface area contributed by atoms with Gasteiger partial charge >= 0.3 is 0 Å². The van der Waals surface area contributed by atoms with Crippen molar-refractivity contribution in [3.8, 4) is 0 Å². The van der Waals surface area contributed by atoms with Crippen molar-refractivity contribution in [3.63, 3.8) is 0 Å². The average molecular weight is 248 g/mol. The first-order chi connectivity index (χ1) is 8.29. The fourth-order valence-corrected chi connectivity index (χ4v) is 2.60. The number of aryl methyl sites for hydroxylation is 1. The second-order valence-electron chi connectivity index (χ2n) is 6.40. The molecule has 0 aromatic carbocycles. The third-order valence-corrected chi connectivity index (χ3v) is 3.98. The number of nitrogens with two attached hydrogens (primary N) is 1. The van der Waals surface area contributed by atoms with Crippen LogP contribution < -0.4 is 10.6 Å². The Morgan fingerprint density at radius 1 is 1.22 bits per heavy atom. The molecule has 1 unspecified atom stereocenters. The maximum atomic E-state index is 5.93. The van der Waals surface area contributed by atoms with Gasteiger partial charge in [0.05, 0.1) is 0 Å². The Bertz CT molecular complexity index is 448. The Hall–Kier alpha value is -1.32. The van der Waals surface area contributed by atoms with Crippen molar-refractivity contribution in [2.45, 2.75) is 41.0 Å². The number of aromatic nitrogens is 2. The van der Waals surface area contributed by atoms with Gasteiger partial charge < -0.3 is 10.6 Å². The molecule has 0 saturated carbocycles. The van der Waals surface area contributed by atoms with Crippen LogP contribution in [-0.2, 0) is 0 Å². The first kappa shape index (κ1) is 13.1. The molecule has 1 aromatic heterocycles. The van der Waals surface area contributed by atoms with Crippen molar-refractivity contribution in [1.29, 1.82) is 0 Å². The van der Waals surface area contributed by atoms with Gasteiger partial charge in [-0.25, -0.2) is 9.97 Å². The lowest BCUT2D eigenvalue weighted by Crippen LogP contribution is -2.27. The number of rotatable bonds is 1. The predicted molar refractivity (Wildman–Crippen MR) is 75.7 cm³/mol. The summed E-state index contributed by atoms with van der Waals surface area (Å²) in [4.78, 5) is 11.1. The van der Waals surface area contributed by atoms with E-state index in [2.05, 4.69) is 35.6 Å². The molecule has 100 valence electrons. The molecule has 2 heterocycles. The van der Waals surface area contributed by atoms with Gasteiger partial charge in [-0.05, 0) is 31.6 Å². The fourth-order valence-electron chi connectivity index (χ4n) is 2.60. The highest BCUT2D eigenvalue weighted by Crippen LogP contribution is 2.36. The molecule has 2 N–H and O–H groups in total. The average Bonchev–Trinajstić information content (AvgIpc) is 2.71. The van der Waals surface area contributed by atoms with E-state index in [0.29, 0.717) is 17.2 Å². The highest BCUT2D eigenvalue weighted by molar-refractivity contribution is 5.56. The number of anilines is 2. The highest BCUT2D eigenvalue weighted by Gasteiger charge is 2.33. The number of hydrogen-bond acceptors (Lipinski definition) is 4. The van der Waals surface area contributed by atoms with Gasteiger partial charge in [-0.2, -0.15) is 0 Å². The molecule has 1 aliphatic heterocycles. The summed E-state index contributed by atoms with van der Waals surface area (Å²) in [7, 11) is 0. The number of nitrogen functional groups attached to an aromatic ring is 1. The quantitative estimate of drug-likeness (QED) is 0.830. The van der Waals surface area contributed by atoms with Crippen LogP contribution in [0.25, 0.3) is 0 Å². The first-order valence-electron chi connectivity index (χ1n) is 6.64. The minimum atomic E-state index is 0.357. The summed E-state index contributed by atoms with van der Waals surface area (Å²) in [6.45, 7) is 13.0. The molecule has 4 nitrogen and oxygen atoms in total. The molecule has 1 fully saturated rings. The summed E-state index contributed by atoms with van der Waals surface area (Å²) in [5, 5.41) is 0. The summed E-state index contributed by atoms with van der Waals surface area (Å²) >= 11 is 0. The van der Waals surface area contributed by atoms with E-state index >= 15 is 0 Å². The van der Waals surface area contributed by atoms with Gasteiger partial charge in [0.25, 0.3) is 0 Å². The van der Waals surface area contributed by atoms with Crippen LogP contribution >= 0.6 is 0 Å². The molecule has 18 heavy (non-hydrogen) atoms. The maximum absolute atomic E-state index is 5.93. The van der Waals surface area contributed by atoms with Crippen LogP contribution in [0.5, 0.6) is 0 Å². The summed E-state index contributed by atoms with van der Waals surface area (Å²) in [5.41, 5.74) is 7.30. The van der Waals surface area contributed by atoms with Crippen molar-refractivity contribution in [1.82, 2.24) is 9.97 Å². The zero-order valence-electron chi connectivity index (χ0n) is 12.1. The van der Waals surface area contributed by atoms with Crippen LogP contribution in [0.2, 0.25) is 0 Å². The molecule has 0 amide bonds. The van der Waals surface area contributed by atoms with Gasteiger partial charge in [0, 0.05) is 18.7 Å². The zero-order valence-corrected chi connectivity index (χ0v) is 12.1. The summed E-state index contributed by atoms with van der Waals surface area (Å²) in [6.07, 6.45) is 1.23. The standard InChI is InChI=1S/C14H24N4/c1-9-12(15)16-10(2)17-13(9)18-7-6-11(8-18)14(3,4)5/h11H,6-8H2,1-5H3,(H2,15,16,17). The predicted octanol–water partition coefficient (Wildman–Crippen LogP) is 2.55. The largest absolute Gasteiger partial charge is 0.383 e. The van der Waals surface area contributed by atoms with Gasteiger partial charge in [-0.3, -0.25) is 0 Å². The Balaban J connectivity index is 2.25. The lowest BCUT2D eigenvalue weighted by molar-refractivity contribution is 0.263. The van der Waals surface area contributed by atoms with Gasteiger partial charge in [-0.1, -0.05) is 20.8 Å². The van der Waals surface area contributed by atoms with Crippen LogP contribution in [-0.4, -0.2) is 23.1 Å². The van der Waals surface area contributed by atoms with Crippen LogP contribution in [0.3, 0.4) is 0 Å². The van der Waals surface area contributed by atoms with Gasteiger partial charge in [0.15, 0.2) is 0 Å². The molecule has 4 heteroatoms. The van der Waals surface area contributed by atoms with E-state index in [-0.39, 0.29) is 0 Å². The lowest BCUT2D eigenvalue weighted by atomic mass is 9.80. The Morgan fingerprint density at radius 2 is 1.89 bits per heavy atom. The number of nitrogens with zero attached hydrogens (tertiary/aromatic N) is 3. The fraction of sp³-hybridized carbons (Fsp3) is 0.714. The topological polar surface area (TPSA) is 55.0 Å². The van der Waals surface area contributed by atoms with Crippen LogP contribution in [0.4, 0.5) is 11.6 Å². The molecule has 0 spiro atoms. The van der Waals surface area contributed by atoms with E-state index in [1.165, 1.54) is 6.42 Å². The van der Waals surface area contributed by atoms with Crippen LogP contribution in [0.1, 0.15) is 38.6 Å². The molecule has 1 atom stereocenters. The van der Waals surface area contributed by atoms with E-state index in [0.717, 1.165) is 30.3 Å². The van der Waals surface area contributed by atoms with Gasteiger partial charge in [-0.15, -0.1) is 0 Å². The minimum absolute atomic E-state index is 0.357. The SMILES string of the molecule is Cc1nc(N)c(C)c(N2CCC(C(C)(C)C)C2)n1. The Morgan fingerprint density at radius 3 is 2.44 bits per heavy atom. The molecule has 0 radical (unpaired) electrons. The van der Waals surface area contributed by atoms with E-state index in [4.69, 9.17) is 5.73 Å².